The minimum Gasteiger partial charge on any atom is -0.264 e. The number of aromatic nitrogens is 8. The second-order valence-electron chi connectivity index (χ2n) is 23.8. The van der Waals surface area contributed by atoms with Crippen molar-refractivity contribution in [2.45, 2.75) is 34.5 Å². The van der Waals surface area contributed by atoms with Gasteiger partial charge in [-0.2, -0.15) is 0 Å². The van der Waals surface area contributed by atoms with Crippen molar-refractivity contribution in [3.63, 3.8) is 0 Å². The van der Waals surface area contributed by atoms with Crippen molar-refractivity contribution >= 4 is 162 Å². The molecule has 0 radical (unpaired) electrons. The van der Waals surface area contributed by atoms with Gasteiger partial charge in [-0.15, -0.1) is 0 Å². The van der Waals surface area contributed by atoms with Gasteiger partial charge in [0.15, 0.2) is 0 Å². The molecule has 8 heterocycles. The van der Waals surface area contributed by atoms with Crippen molar-refractivity contribution in [3.05, 3.63) is 315 Å². The molecule has 12 aromatic carbocycles. The third-order valence-corrected chi connectivity index (χ3v) is 18.0. The van der Waals surface area contributed by atoms with Crippen molar-refractivity contribution in [2.24, 2.45) is 0 Å². The molecule has 20 aromatic rings. The average Bonchev–Trinajstić information content (AvgIpc) is 0.757. The Morgan fingerprint density at radius 2 is 0.432 bits per heavy atom. The Morgan fingerprint density at radius 1 is 0.200 bits per heavy atom. The Labute approximate surface area is 786 Å². The number of benzene rings is 12. The molecular formula is C87H212N8. The van der Waals surface area contributed by atoms with Crippen LogP contribution in [-0.4, -0.2) is 39.9 Å². The molecule has 0 saturated carbocycles. The molecule has 0 atom stereocenters. The molecule has 0 aliphatic carbocycles. The zero-order valence-electron chi connectivity index (χ0n) is 207. The molecular weight excluding hydrogens is 1160 g/mol. The fourth-order valence-electron chi connectivity index (χ4n) is 13.8. The minimum atomic E-state index is 0.294. The lowest BCUT2D eigenvalue weighted by atomic mass is 9.94. The summed E-state index contributed by atoms with van der Waals surface area (Å²) in [6, 6.07) is 72.6. The van der Waals surface area contributed by atoms with Gasteiger partial charge in [0, 0.05) is 352 Å². The van der Waals surface area contributed by atoms with Crippen LogP contribution in [-0.2, 0) is 0 Å². The smallest absolute Gasteiger partial charge is 0.0970 e. The van der Waals surface area contributed by atoms with Crippen LogP contribution in [0, 0.1) is 34.5 Å². The standard InChI is InChI=1S/2C18H13N.3C17H12N2.75H2/c1-12-8-9-15-13-5-2-3-6-14(13)16-7-4-10-19-18(16)17(15)11-12;1-12-6-7-15-13-4-2-3-5-14(13)16-8-9-19-11-18(16)17(15)10-12;1-11-6-7-12-13-4-2-8-18-16(13)17-14(15(12)10-11)5-3-9-19-17;1-11-2-3-12-13-4-6-18-9-16(13)17-10-19-7-5-14(17)15(12)8-11;1-11-4-5-12-13-6-8-18-10-16(13)17-14(15(12)9-11)3-2-7-19-17;;;;;;;;;;;;;;;;;;;;;;;;;;;;;;;;;;;;;;;;;;;;;;;;;;;;;;;;;;;;;;;;;;;;;;;;;;;/h2*2-11H,1H3;3*2-10H,1H3;75*1H/i5*1D;75*1+1D. The molecule has 0 aliphatic rings. The van der Waals surface area contributed by atoms with Crippen molar-refractivity contribution in [1.82, 2.24) is 39.9 Å². The van der Waals surface area contributed by atoms with E-state index >= 15 is 0 Å². The molecule has 0 bridgehead atoms. The first-order valence-electron chi connectivity index (χ1n) is 110. The highest BCUT2D eigenvalue weighted by molar-refractivity contribution is 6.28. The lowest BCUT2D eigenvalue weighted by Crippen LogP contribution is -1.88. The lowest BCUT2D eigenvalue weighted by molar-refractivity contribution is 1.35. The van der Waals surface area contributed by atoms with Crippen LogP contribution in [0.3, 0.4) is 0 Å². The predicted molar refractivity (Wildman–Crippen MR) is 559 cm³/mol. The van der Waals surface area contributed by atoms with E-state index < -0.39 is 0 Å². The highest BCUT2D eigenvalue weighted by Crippen LogP contribution is 2.39. The number of rotatable bonds is 0. The number of hydrogen-bond acceptors (Lipinski definition) is 8. The Hall–Kier alpha value is -12.3. The SMILES string of the molecule is [2H]Cc1ccc2c(c1)c1cccnc1c1cnccc21.[2H]Cc1ccc2c(c1)c1cccnc1c1ncccc21.[2H]Cc1ccc2c3ccccc3c3cccnc3c2c1.[2H]Cc1ccc2c3ccccc3c3ccncc3c2c1.[2H]Cc1ccc2c3ccncc3c3cnccc3c2c1.[2H][2H].[2H][2H].[2H][2H].[2H][2H].[2H][2H].[2H][2H].[2H][2H].[2H][2H].[2H][2H].[2H][2H].[2H][2H].[2H][2H].[2H][2H].[2H][2H].[2H][2H].[2H][2H].[2H][2H].[2H][2H].[2H][2H].[2H][2H].[2H][2H].[2H][2H].[2H][2H].[2H][2H].[2H][2H].[2H][2H].[2H][2H].[2H][2H].[2H][2H].[2H][2H].[2H][2H].[2H][2H].[2H][2H].[2H][2H].[2H][2H].[2H][2H].[2H][2H].[2H][2H].[2H][2H].[2H][2H].[2H][2H].[2H][2H].[2H][2H].[2H][2H].[2H][2H].[2H][2H].[2H][2H].[2H][2H].[2H][2H].[2H][2H].[2H][2H].[2H][2H].[2H][2H].[2H][2H].[2H][2H].[2H][2H].[2H][2H].[2H][2H].[2H][2H].[2H][2H].[2H][2H].[2H][2H].[2H][2H].[2H][2H].[2H][2H].[2H][2H].[2H][2H].[2H][2H].[2H][2H].[2H][2H].[2H][2H].[2H][2H].[2H][2H].[2H][2H].[2H][2H]. The maximum atomic E-state index is 7.57. The van der Waals surface area contributed by atoms with E-state index in [4.69, 9.17) is 230 Å². The Bertz CT molecular complexity index is 5690. The minimum absolute atomic E-state index is 0.294. The van der Waals surface area contributed by atoms with E-state index in [1.165, 1.54) is 80.8 Å². The monoisotopic (exact) mass is 1530 g/mol. The zero-order valence-corrected chi connectivity index (χ0v) is 51.7. The van der Waals surface area contributed by atoms with Crippen molar-refractivity contribution in [1.29, 1.82) is 0 Å². The summed E-state index contributed by atoms with van der Waals surface area (Å²) in [6.07, 6.45) is 22.2. The molecule has 8 heteroatoms. The van der Waals surface area contributed by atoms with Gasteiger partial charge in [-0.25, -0.2) is 0 Å². The Morgan fingerprint density at radius 3 is 0.842 bits per heavy atom. The van der Waals surface area contributed by atoms with E-state index in [1.807, 2.05) is 135 Å². The first kappa shape index (κ1) is 17.5. The van der Waals surface area contributed by atoms with Gasteiger partial charge in [0.25, 0.3) is 0 Å². The second-order valence-corrected chi connectivity index (χ2v) is 23.8. The van der Waals surface area contributed by atoms with Crippen LogP contribution in [0.2, 0.25) is 0 Å². The van der Waals surface area contributed by atoms with Crippen molar-refractivity contribution in [2.75, 3.05) is 0 Å². The van der Waals surface area contributed by atoms with Gasteiger partial charge >= 0.3 is 0 Å². The highest BCUT2D eigenvalue weighted by Gasteiger charge is 2.14. The van der Waals surface area contributed by atoms with Crippen LogP contribution in [0.1, 0.15) is 257 Å². The summed E-state index contributed by atoms with van der Waals surface area (Å²) < 4.78 is 788. The van der Waals surface area contributed by atoms with Crippen LogP contribution in [0.5, 0.6) is 0 Å². The summed E-state index contributed by atoms with van der Waals surface area (Å²) in [5.41, 5.74) is 9.01. The van der Waals surface area contributed by atoms with Gasteiger partial charge in [-0.05, 0) is 181 Å². The molecule has 0 unspecified atom stereocenters. The molecule has 20 rings (SSSR count). The molecule has 0 amide bonds. The molecule has 0 N–H and O–H groups in total. The van der Waals surface area contributed by atoms with Gasteiger partial charge in [0.2, 0.25) is 0 Å². The molecule has 95 heavy (non-hydrogen) atoms. The summed E-state index contributed by atoms with van der Waals surface area (Å²) in [4.78, 5) is 35.1. The normalized spacial score (nSPS) is 18.4. The third-order valence-electron chi connectivity index (χ3n) is 18.0. The number of aryl methyl sites for hydroxylation is 5. The van der Waals surface area contributed by atoms with E-state index in [9.17, 15) is 0 Å². The Balaban J connectivity index is -0.0000000263. The highest BCUT2D eigenvalue weighted by atomic mass is 14.7. The molecule has 0 aliphatic heterocycles. The maximum absolute atomic E-state index is 7.57. The molecule has 600 valence electrons. The number of fused-ring (bicyclic) bond motifs is 30. The van der Waals surface area contributed by atoms with Gasteiger partial charge < -0.3 is 0 Å². The zero-order chi connectivity index (χ0) is 218. The van der Waals surface area contributed by atoms with E-state index in [0.717, 1.165) is 109 Å². The van der Waals surface area contributed by atoms with E-state index in [1.54, 1.807) is 12.4 Å². The first-order valence-corrected chi connectivity index (χ1v) is 31.3. The molecule has 8 nitrogen and oxygen atoms in total. The lowest BCUT2D eigenvalue weighted by Gasteiger charge is -2.10. The summed E-state index contributed by atoms with van der Waals surface area (Å²) >= 11 is 0. The molecule has 0 saturated heterocycles. The molecule has 0 fully saturated rings. The second kappa shape index (κ2) is 24.4. The quantitative estimate of drug-likeness (QED) is 0.138. The van der Waals surface area contributed by atoms with Crippen LogP contribution in [0.25, 0.3) is 162 Å². The fourth-order valence-corrected chi connectivity index (χ4v) is 13.8. The van der Waals surface area contributed by atoms with Crippen LogP contribution >= 0.6 is 0 Å². The van der Waals surface area contributed by atoms with E-state index in [0.29, 0.717) is 34.5 Å². The topological polar surface area (TPSA) is 103 Å². The first-order chi connectivity index (χ1) is 124. The van der Waals surface area contributed by atoms with Crippen LogP contribution < -0.4 is 0 Å². The molecule has 0 spiro atoms. The summed E-state index contributed by atoms with van der Waals surface area (Å²) in [7, 11) is 0. The Kier molecular flexibility index (Phi) is 4.50. The number of hydrogen-bond donors (Lipinski definition) is 0. The molecule has 8 aromatic heterocycles. The van der Waals surface area contributed by atoms with Crippen LogP contribution in [0.4, 0.5) is 0 Å². The fraction of sp³-hybridized carbons (Fsp3) is 0.0575. The maximum Gasteiger partial charge on any atom is 0.0970 e. The van der Waals surface area contributed by atoms with Crippen molar-refractivity contribution < 1.29 is 230 Å². The van der Waals surface area contributed by atoms with Gasteiger partial charge in [0.05, 0.1) is 22.1 Å². The van der Waals surface area contributed by atoms with E-state index in [-0.39, 0.29) is 0 Å². The van der Waals surface area contributed by atoms with E-state index in [2.05, 4.69) is 179 Å². The summed E-state index contributed by atoms with van der Waals surface area (Å²) in [6.45, 7) is 1.51. The largest absolute Gasteiger partial charge is 0.264 e. The van der Waals surface area contributed by atoms with Crippen molar-refractivity contribution in [3.8, 4) is 0 Å². The predicted octanol–water partition coefficient (Wildman–Crippen LogP) is 40.9. The third kappa shape index (κ3) is 10.5. The van der Waals surface area contributed by atoms with Gasteiger partial charge in [0.1, 0.15) is 0 Å². The summed E-state index contributed by atoms with van der Waals surface area (Å²) in [5.74, 6) is 0. The average molecular weight is 1530 g/mol. The summed E-state index contributed by atoms with van der Waals surface area (Å²) in [5, 5.41) is 30.6. The van der Waals surface area contributed by atoms with Gasteiger partial charge in [-0.3, -0.25) is 39.9 Å². The van der Waals surface area contributed by atoms with Crippen LogP contribution in [0.15, 0.2) is 287 Å². The number of pyridine rings is 8. The van der Waals surface area contributed by atoms with Gasteiger partial charge in [-0.1, -0.05) is 186 Å². The number of nitrogens with zero attached hydrogens (tertiary/aromatic N) is 8.